The average Bonchev–Trinajstić information content (AvgIpc) is 2.81. The van der Waals surface area contributed by atoms with E-state index in [0.717, 1.165) is 21.3 Å². The summed E-state index contributed by atoms with van der Waals surface area (Å²) < 4.78 is 0.903. The van der Waals surface area contributed by atoms with Crippen molar-refractivity contribution in [3.05, 3.63) is 63.9 Å². The smallest absolute Gasteiger partial charge is 0.310 e. The molecule has 3 rings (SSSR count). The Labute approximate surface area is 125 Å². The fraction of sp³-hybridized carbons (Fsp3) is 0.250. The van der Waals surface area contributed by atoms with Gasteiger partial charge in [0.2, 0.25) is 0 Å². The predicted octanol–water partition coefficient (Wildman–Crippen LogP) is 3.26. The van der Waals surface area contributed by atoms with Crippen molar-refractivity contribution in [3.8, 4) is 0 Å². The van der Waals surface area contributed by atoms with Crippen LogP contribution in [0.1, 0.15) is 16.8 Å². The van der Waals surface area contributed by atoms with Gasteiger partial charge in [-0.1, -0.05) is 24.3 Å². The van der Waals surface area contributed by atoms with E-state index >= 15 is 0 Å². The molecule has 102 valence electrons. The molecule has 1 heterocycles. The summed E-state index contributed by atoms with van der Waals surface area (Å²) in [7, 11) is 0. The van der Waals surface area contributed by atoms with Gasteiger partial charge in [-0.15, -0.1) is 0 Å². The highest BCUT2D eigenvalue weighted by Crippen LogP contribution is 2.39. The number of carboxylic acid groups (broad SMARTS) is 1. The summed E-state index contributed by atoms with van der Waals surface area (Å²) in [5.74, 6) is -0.738. The van der Waals surface area contributed by atoms with Crippen LogP contribution in [0.3, 0.4) is 0 Å². The number of hydrogen-bond acceptors (Lipinski definition) is 2. The van der Waals surface area contributed by atoms with Crippen molar-refractivity contribution in [2.75, 3.05) is 0 Å². The molecule has 1 aliphatic carbocycles. The lowest BCUT2D eigenvalue weighted by molar-refractivity contribution is -0.148. The molecule has 4 heteroatoms. The lowest BCUT2D eigenvalue weighted by Crippen LogP contribution is -2.34. The number of halogens is 1. The molecule has 2 aromatic rings. The SMILES string of the molecule is O=C(O)C1(Cc2ccc(Br)cn2)Cc2ccccc2C1. The van der Waals surface area contributed by atoms with Crippen LogP contribution in [0.2, 0.25) is 0 Å². The summed E-state index contributed by atoms with van der Waals surface area (Å²) >= 11 is 3.34. The van der Waals surface area contributed by atoms with E-state index in [2.05, 4.69) is 20.9 Å². The molecule has 0 saturated heterocycles. The zero-order valence-corrected chi connectivity index (χ0v) is 12.4. The summed E-state index contributed by atoms with van der Waals surface area (Å²) in [5, 5.41) is 9.71. The third-order valence-corrected chi connectivity index (χ3v) is 4.41. The van der Waals surface area contributed by atoms with Gasteiger partial charge in [-0.25, -0.2) is 0 Å². The Morgan fingerprint density at radius 3 is 2.35 bits per heavy atom. The second-order valence-electron chi connectivity index (χ2n) is 5.35. The summed E-state index contributed by atoms with van der Waals surface area (Å²) in [6.07, 6.45) is 3.34. The molecule has 1 N–H and O–H groups in total. The number of carboxylic acids is 1. The van der Waals surface area contributed by atoms with Gasteiger partial charge in [0, 0.05) is 22.8 Å². The standard InChI is InChI=1S/C16H14BrNO2/c17-13-5-6-14(18-10-13)9-16(15(19)20)7-11-3-1-2-4-12(11)8-16/h1-6,10H,7-9H2,(H,19,20). The fourth-order valence-electron chi connectivity index (χ4n) is 2.90. The quantitative estimate of drug-likeness (QED) is 0.939. The number of nitrogens with zero attached hydrogens (tertiary/aromatic N) is 1. The van der Waals surface area contributed by atoms with Gasteiger partial charge in [0.05, 0.1) is 5.41 Å². The highest BCUT2D eigenvalue weighted by atomic mass is 79.9. The molecule has 0 radical (unpaired) electrons. The molecule has 20 heavy (non-hydrogen) atoms. The van der Waals surface area contributed by atoms with Gasteiger partial charge in [0.1, 0.15) is 0 Å². The number of benzene rings is 1. The van der Waals surface area contributed by atoms with Crippen molar-refractivity contribution in [1.82, 2.24) is 4.98 Å². The topological polar surface area (TPSA) is 50.2 Å². The number of aliphatic carboxylic acids is 1. The van der Waals surface area contributed by atoms with Gasteiger partial charge in [0.25, 0.3) is 0 Å². The van der Waals surface area contributed by atoms with Gasteiger partial charge in [-0.05, 0) is 52.0 Å². The number of fused-ring (bicyclic) bond motifs is 1. The van der Waals surface area contributed by atoms with Crippen LogP contribution < -0.4 is 0 Å². The van der Waals surface area contributed by atoms with Crippen LogP contribution in [0.4, 0.5) is 0 Å². The maximum atomic E-state index is 11.8. The normalized spacial score (nSPS) is 15.8. The molecule has 1 aromatic carbocycles. The molecule has 0 amide bonds. The van der Waals surface area contributed by atoms with Gasteiger partial charge >= 0.3 is 5.97 Å². The average molecular weight is 332 g/mol. The monoisotopic (exact) mass is 331 g/mol. The fourth-order valence-corrected chi connectivity index (χ4v) is 3.14. The van der Waals surface area contributed by atoms with Crippen LogP contribution >= 0.6 is 15.9 Å². The Hall–Kier alpha value is -1.68. The van der Waals surface area contributed by atoms with Crippen molar-refractivity contribution < 1.29 is 9.90 Å². The molecule has 1 aliphatic rings. The van der Waals surface area contributed by atoms with Gasteiger partial charge in [-0.2, -0.15) is 0 Å². The van der Waals surface area contributed by atoms with Crippen molar-refractivity contribution >= 4 is 21.9 Å². The zero-order chi connectivity index (χ0) is 14.2. The maximum Gasteiger partial charge on any atom is 0.310 e. The van der Waals surface area contributed by atoms with Crippen LogP contribution in [0.15, 0.2) is 47.1 Å². The molecule has 0 aliphatic heterocycles. The third-order valence-electron chi connectivity index (χ3n) is 3.94. The van der Waals surface area contributed by atoms with E-state index < -0.39 is 11.4 Å². The molecular weight excluding hydrogens is 318 g/mol. The molecule has 0 atom stereocenters. The zero-order valence-electron chi connectivity index (χ0n) is 10.8. The minimum Gasteiger partial charge on any atom is -0.481 e. The second-order valence-corrected chi connectivity index (χ2v) is 6.27. The van der Waals surface area contributed by atoms with Crippen molar-refractivity contribution in [3.63, 3.8) is 0 Å². The summed E-state index contributed by atoms with van der Waals surface area (Å²) in [5.41, 5.74) is 2.35. The lowest BCUT2D eigenvalue weighted by atomic mass is 9.80. The third kappa shape index (κ3) is 2.36. The summed E-state index contributed by atoms with van der Waals surface area (Å²) in [4.78, 5) is 16.1. The van der Waals surface area contributed by atoms with E-state index in [1.54, 1.807) is 6.20 Å². The molecule has 0 spiro atoms. The first kappa shape index (κ1) is 13.3. The second kappa shape index (κ2) is 5.02. The summed E-state index contributed by atoms with van der Waals surface area (Å²) in [6, 6.07) is 11.8. The number of rotatable bonds is 3. The van der Waals surface area contributed by atoms with Crippen LogP contribution in [0.25, 0.3) is 0 Å². The molecule has 0 unspecified atom stereocenters. The van der Waals surface area contributed by atoms with Gasteiger partial charge in [-0.3, -0.25) is 9.78 Å². The Kier molecular flexibility index (Phi) is 3.34. The number of aromatic nitrogens is 1. The maximum absolute atomic E-state index is 11.8. The molecule has 0 fully saturated rings. The van der Waals surface area contributed by atoms with E-state index in [1.165, 1.54) is 0 Å². The molecule has 0 bridgehead atoms. The number of pyridine rings is 1. The Morgan fingerprint density at radius 2 is 1.85 bits per heavy atom. The van der Waals surface area contributed by atoms with Crippen LogP contribution in [-0.2, 0) is 24.1 Å². The number of carbonyl (C=O) groups is 1. The molecular formula is C16H14BrNO2. The van der Waals surface area contributed by atoms with Gasteiger partial charge in [0.15, 0.2) is 0 Å². The number of hydrogen-bond donors (Lipinski definition) is 1. The van der Waals surface area contributed by atoms with Crippen molar-refractivity contribution in [1.29, 1.82) is 0 Å². The highest BCUT2D eigenvalue weighted by molar-refractivity contribution is 9.10. The summed E-state index contributed by atoms with van der Waals surface area (Å²) in [6.45, 7) is 0. The van der Waals surface area contributed by atoms with Crippen LogP contribution in [0, 0.1) is 5.41 Å². The van der Waals surface area contributed by atoms with E-state index in [4.69, 9.17) is 0 Å². The minimum atomic E-state index is -0.759. The molecule has 0 saturated carbocycles. The predicted molar refractivity (Wildman–Crippen MR) is 79.6 cm³/mol. The Balaban J connectivity index is 1.92. The minimum absolute atomic E-state index is 0.463. The first-order chi connectivity index (χ1) is 9.59. The van der Waals surface area contributed by atoms with Gasteiger partial charge < -0.3 is 5.11 Å². The van der Waals surface area contributed by atoms with Crippen molar-refractivity contribution in [2.24, 2.45) is 5.41 Å². The van der Waals surface area contributed by atoms with Crippen LogP contribution in [-0.4, -0.2) is 16.1 Å². The highest BCUT2D eigenvalue weighted by Gasteiger charge is 2.44. The Bertz CT molecular complexity index is 627. The first-order valence-corrected chi connectivity index (χ1v) is 7.29. The Morgan fingerprint density at radius 1 is 1.20 bits per heavy atom. The largest absolute Gasteiger partial charge is 0.481 e. The van der Waals surface area contributed by atoms with E-state index in [-0.39, 0.29) is 0 Å². The van der Waals surface area contributed by atoms with Crippen molar-refractivity contribution in [2.45, 2.75) is 19.3 Å². The van der Waals surface area contributed by atoms with E-state index in [0.29, 0.717) is 19.3 Å². The van der Waals surface area contributed by atoms with E-state index in [1.807, 2.05) is 36.4 Å². The first-order valence-electron chi connectivity index (χ1n) is 6.50. The van der Waals surface area contributed by atoms with E-state index in [9.17, 15) is 9.90 Å². The molecule has 1 aromatic heterocycles. The van der Waals surface area contributed by atoms with Crippen LogP contribution in [0.5, 0.6) is 0 Å². The molecule has 3 nitrogen and oxygen atoms in total. The lowest BCUT2D eigenvalue weighted by Gasteiger charge is -2.23.